The van der Waals surface area contributed by atoms with Gasteiger partial charge in [0, 0.05) is 19.0 Å². The Morgan fingerprint density at radius 2 is 2.05 bits per heavy atom. The zero-order chi connectivity index (χ0) is 15.0. The first kappa shape index (κ1) is 15.9. The zero-order valence-electron chi connectivity index (χ0n) is 11.5. The summed E-state index contributed by atoms with van der Waals surface area (Å²) < 4.78 is 0. The van der Waals surface area contributed by atoms with Crippen molar-refractivity contribution < 1.29 is 14.8 Å². The molecule has 0 amide bonds. The lowest BCUT2D eigenvalue weighted by Gasteiger charge is -2.06. The van der Waals surface area contributed by atoms with E-state index < -0.39 is 10.9 Å². The standard InChI is InChI=1S/C13H19N3O4/c1-10-11(16(19)20)7-8-12(15-10)14-9-5-3-2-4-6-13(17)18/h7-8H,2-6,9H2,1H3,(H,14,15)(H,17,18). The number of rotatable bonds is 9. The van der Waals surface area contributed by atoms with Crippen LogP contribution in [0.25, 0.3) is 0 Å². The van der Waals surface area contributed by atoms with Gasteiger partial charge in [-0.1, -0.05) is 12.8 Å². The van der Waals surface area contributed by atoms with Crippen molar-refractivity contribution in [2.75, 3.05) is 11.9 Å². The van der Waals surface area contributed by atoms with Gasteiger partial charge >= 0.3 is 5.97 Å². The van der Waals surface area contributed by atoms with Crippen molar-refractivity contribution in [1.82, 2.24) is 4.98 Å². The van der Waals surface area contributed by atoms with Crippen molar-refractivity contribution in [2.45, 2.75) is 39.0 Å². The molecule has 7 nitrogen and oxygen atoms in total. The van der Waals surface area contributed by atoms with Crippen LogP contribution in [0.2, 0.25) is 0 Å². The average Bonchev–Trinajstić information content (AvgIpc) is 2.37. The number of pyridine rings is 1. The van der Waals surface area contributed by atoms with E-state index in [1.54, 1.807) is 13.0 Å². The fourth-order valence-corrected chi connectivity index (χ4v) is 1.82. The van der Waals surface area contributed by atoms with Crippen LogP contribution >= 0.6 is 0 Å². The molecule has 1 heterocycles. The number of aryl methyl sites for hydroxylation is 1. The van der Waals surface area contributed by atoms with E-state index in [1.165, 1.54) is 6.07 Å². The number of aliphatic carboxylic acids is 1. The van der Waals surface area contributed by atoms with E-state index in [1.807, 2.05) is 0 Å². The topological polar surface area (TPSA) is 105 Å². The van der Waals surface area contributed by atoms with Crippen LogP contribution in [0.3, 0.4) is 0 Å². The average molecular weight is 281 g/mol. The van der Waals surface area contributed by atoms with E-state index in [9.17, 15) is 14.9 Å². The molecule has 0 atom stereocenters. The SMILES string of the molecule is Cc1nc(NCCCCCCC(=O)O)ccc1[N+](=O)[O-]. The van der Waals surface area contributed by atoms with E-state index in [0.29, 0.717) is 17.9 Å². The first-order chi connectivity index (χ1) is 9.50. The summed E-state index contributed by atoms with van der Waals surface area (Å²) in [6.07, 6.45) is 3.67. The lowest BCUT2D eigenvalue weighted by molar-refractivity contribution is -0.385. The molecule has 0 aliphatic heterocycles. The van der Waals surface area contributed by atoms with Crippen LogP contribution in [0.1, 0.15) is 37.8 Å². The second-order valence-electron chi connectivity index (χ2n) is 4.54. The van der Waals surface area contributed by atoms with Crippen molar-refractivity contribution in [2.24, 2.45) is 0 Å². The largest absolute Gasteiger partial charge is 0.481 e. The monoisotopic (exact) mass is 281 g/mol. The fourth-order valence-electron chi connectivity index (χ4n) is 1.82. The Balaban J connectivity index is 2.24. The Morgan fingerprint density at radius 1 is 1.35 bits per heavy atom. The van der Waals surface area contributed by atoms with E-state index >= 15 is 0 Å². The summed E-state index contributed by atoms with van der Waals surface area (Å²) >= 11 is 0. The molecule has 1 rings (SSSR count). The van der Waals surface area contributed by atoms with Gasteiger partial charge in [0.25, 0.3) is 5.69 Å². The maximum absolute atomic E-state index is 10.6. The zero-order valence-corrected chi connectivity index (χ0v) is 11.5. The number of hydrogen-bond acceptors (Lipinski definition) is 5. The molecule has 0 aliphatic rings. The van der Waals surface area contributed by atoms with Gasteiger partial charge in [-0.3, -0.25) is 14.9 Å². The molecule has 1 aromatic heterocycles. The molecule has 0 aliphatic carbocycles. The molecule has 0 radical (unpaired) electrons. The highest BCUT2D eigenvalue weighted by atomic mass is 16.6. The van der Waals surface area contributed by atoms with Crippen molar-refractivity contribution >= 4 is 17.5 Å². The third-order valence-electron chi connectivity index (χ3n) is 2.88. The number of carboxylic acid groups (broad SMARTS) is 1. The van der Waals surface area contributed by atoms with E-state index in [2.05, 4.69) is 10.3 Å². The molecular weight excluding hydrogens is 262 g/mol. The highest BCUT2D eigenvalue weighted by molar-refractivity contribution is 5.66. The molecule has 7 heteroatoms. The number of unbranched alkanes of at least 4 members (excludes halogenated alkanes) is 3. The minimum atomic E-state index is -0.756. The van der Waals surface area contributed by atoms with Gasteiger partial charge in [0.05, 0.1) is 4.92 Å². The number of carboxylic acids is 1. The second-order valence-corrected chi connectivity index (χ2v) is 4.54. The molecule has 0 fully saturated rings. The van der Waals surface area contributed by atoms with Crippen LogP contribution < -0.4 is 5.32 Å². The Bertz CT molecular complexity index is 477. The Hall–Kier alpha value is -2.18. The maximum atomic E-state index is 10.6. The van der Waals surface area contributed by atoms with Gasteiger partial charge in [-0.15, -0.1) is 0 Å². The highest BCUT2D eigenvalue weighted by Crippen LogP contribution is 2.17. The number of anilines is 1. The summed E-state index contributed by atoms with van der Waals surface area (Å²) in [6.45, 7) is 2.33. The van der Waals surface area contributed by atoms with Crippen LogP contribution in [-0.4, -0.2) is 27.5 Å². The van der Waals surface area contributed by atoms with Gasteiger partial charge < -0.3 is 10.4 Å². The lowest BCUT2D eigenvalue weighted by Crippen LogP contribution is -2.05. The summed E-state index contributed by atoms with van der Waals surface area (Å²) in [5.74, 6) is -0.132. The highest BCUT2D eigenvalue weighted by Gasteiger charge is 2.11. The minimum Gasteiger partial charge on any atom is -0.481 e. The van der Waals surface area contributed by atoms with Gasteiger partial charge in [0.15, 0.2) is 0 Å². The molecule has 0 aromatic carbocycles. The van der Waals surface area contributed by atoms with Crippen LogP contribution in [0.5, 0.6) is 0 Å². The van der Waals surface area contributed by atoms with Crippen LogP contribution in [0.4, 0.5) is 11.5 Å². The quantitative estimate of drug-likeness (QED) is 0.409. The second kappa shape index (κ2) is 8.08. The summed E-state index contributed by atoms with van der Waals surface area (Å²) in [4.78, 5) is 24.6. The van der Waals surface area contributed by atoms with Crippen molar-refractivity contribution in [1.29, 1.82) is 0 Å². The lowest BCUT2D eigenvalue weighted by atomic mass is 10.1. The number of aromatic nitrogens is 1. The Kier molecular flexibility index (Phi) is 6.42. The van der Waals surface area contributed by atoms with Crippen LogP contribution in [-0.2, 0) is 4.79 Å². The predicted molar refractivity (Wildman–Crippen MR) is 74.8 cm³/mol. The molecule has 20 heavy (non-hydrogen) atoms. The third-order valence-corrected chi connectivity index (χ3v) is 2.88. The number of nitro groups is 1. The molecule has 0 bridgehead atoms. The molecule has 0 saturated carbocycles. The van der Waals surface area contributed by atoms with Gasteiger partial charge in [-0.2, -0.15) is 0 Å². The van der Waals surface area contributed by atoms with Gasteiger partial charge in [-0.25, -0.2) is 4.98 Å². The minimum absolute atomic E-state index is 0.0178. The number of nitrogens with one attached hydrogen (secondary N) is 1. The van der Waals surface area contributed by atoms with E-state index in [-0.39, 0.29) is 12.1 Å². The van der Waals surface area contributed by atoms with Crippen molar-refractivity contribution in [3.8, 4) is 0 Å². The van der Waals surface area contributed by atoms with Crippen molar-refractivity contribution in [3.63, 3.8) is 0 Å². The predicted octanol–water partition coefficient (Wildman–Crippen LogP) is 2.75. The van der Waals surface area contributed by atoms with Crippen LogP contribution in [0, 0.1) is 17.0 Å². The molecule has 2 N–H and O–H groups in total. The molecule has 1 aromatic rings. The summed E-state index contributed by atoms with van der Waals surface area (Å²) in [5, 5.41) is 22.2. The van der Waals surface area contributed by atoms with E-state index in [4.69, 9.17) is 5.11 Å². The number of nitrogens with zero attached hydrogens (tertiary/aromatic N) is 2. The van der Waals surface area contributed by atoms with E-state index in [0.717, 1.165) is 25.8 Å². The van der Waals surface area contributed by atoms with Crippen LogP contribution in [0.15, 0.2) is 12.1 Å². The Labute approximate surface area is 117 Å². The van der Waals surface area contributed by atoms with Gasteiger partial charge in [0.2, 0.25) is 0 Å². The smallest absolute Gasteiger partial charge is 0.303 e. The molecular formula is C13H19N3O4. The first-order valence-corrected chi connectivity index (χ1v) is 6.58. The molecule has 110 valence electrons. The van der Waals surface area contributed by atoms with Gasteiger partial charge in [-0.05, 0) is 25.8 Å². The molecule has 0 unspecified atom stereocenters. The number of hydrogen-bond donors (Lipinski definition) is 2. The fraction of sp³-hybridized carbons (Fsp3) is 0.538. The van der Waals surface area contributed by atoms with Gasteiger partial charge in [0.1, 0.15) is 11.5 Å². The first-order valence-electron chi connectivity index (χ1n) is 6.58. The summed E-state index contributed by atoms with van der Waals surface area (Å²) in [5.41, 5.74) is 0.408. The molecule has 0 spiro atoms. The maximum Gasteiger partial charge on any atom is 0.303 e. The number of carbonyl (C=O) groups is 1. The normalized spacial score (nSPS) is 10.2. The third kappa shape index (κ3) is 5.64. The van der Waals surface area contributed by atoms with Crippen molar-refractivity contribution in [3.05, 3.63) is 27.9 Å². The molecule has 0 saturated heterocycles. The summed E-state index contributed by atoms with van der Waals surface area (Å²) in [7, 11) is 0. The Morgan fingerprint density at radius 3 is 2.65 bits per heavy atom. The summed E-state index contributed by atoms with van der Waals surface area (Å²) in [6, 6.07) is 3.03.